The lowest BCUT2D eigenvalue weighted by molar-refractivity contribution is -0.113. The van der Waals surface area contributed by atoms with E-state index in [1.54, 1.807) is 35.6 Å². The molecule has 30 heavy (non-hydrogen) atoms. The number of halogens is 1. The fraction of sp³-hybridized carbons (Fsp3) is 0.381. The summed E-state index contributed by atoms with van der Waals surface area (Å²) in [4.78, 5) is 24.2. The van der Waals surface area contributed by atoms with Crippen molar-refractivity contribution in [2.24, 2.45) is 0 Å². The van der Waals surface area contributed by atoms with Crippen molar-refractivity contribution < 1.29 is 9.53 Å². The van der Waals surface area contributed by atoms with E-state index in [0.717, 1.165) is 38.9 Å². The number of carbonyl (C=O) groups is 1. The Hall–Kier alpha value is -1.32. The Labute approximate surface area is 193 Å². The van der Waals surface area contributed by atoms with Crippen LogP contribution in [0.15, 0.2) is 34.4 Å². The van der Waals surface area contributed by atoms with E-state index in [1.165, 1.54) is 34.0 Å². The van der Waals surface area contributed by atoms with E-state index in [2.05, 4.69) is 19.2 Å². The molecule has 1 aromatic carbocycles. The minimum atomic E-state index is -0.174. The van der Waals surface area contributed by atoms with Crippen LogP contribution in [0.25, 0.3) is 10.2 Å². The van der Waals surface area contributed by atoms with E-state index < -0.39 is 0 Å². The first-order valence-corrected chi connectivity index (χ1v) is 13.0. The third-order valence-corrected chi connectivity index (χ3v) is 8.06. The van der Waals surface area contributed by atoms with Gasteiger partial charge in [0, 0.05) is 27.4 Å². The SMILES string of the molecule is CC[C@]1(C)Cc2c(sc3nc(SC)nc(SCC(=O)Nc4ccc(Cl)cc4)c23)CO1. The number of hydrogen-bond donors (Lipinski definition) is 1. The lowest BCUT2D eigenvalue weighted by Gasteiger charge is -2.33. The number of hydrogen-bond acceptors (Lipinski definition) is 7. The number of rotatable bonds is 6. The van der Waals surface area contributed by atoms with E-state index in [4.69, 9.17) is 26.3 Å². The highest BCUT2D eigenvalue weighted by molar-refractivity contribution is 8.00. The summed E-state index contributed by atoms with van der Waals surface area (Å²) in [6.45, 7) is 4.91. The molecule has 0 spiro atoms. The van der Waals surface area contributed by atoms with Crippen molar-refractivity contribution in [3.8, 4) is 0 Å². The summed E-state index contributed by atoms with van der Waals surface area (Å²) < 4.78 is 6.12. The molecular formula is C21H22ClN3O2S3. The predicted molar refractivity (Wildman–Crippen MR) is 127 cm³/mol. The maximum absolute atomic E-state index is 12.5. The van der Waals surface area contributed by atoms with E-state index in [-0.39, 0.29) is 17.3 Å². The summed E-state index contributed by atoms with van der Waals surface area (Å²) in [5.74, 6) is 0.194. The molecule has 158 valence electrons. The summed E-state index contributed by atoms with van der Waals surface area (Å²) in [6.07, 6.45) is 3.75. The maximum atomic E-state index is 12.5. The molecule has 0 unspecified atom stereocenters. The van der Waals surface area contributed by atoms with Crippen molar-refractivity contribution in [1.82, 2.24) is 9.97 Å². The predicted octanol–water partition coefficient (Wildman–Crippen LogP) is 6.04. The van der Waals surface area contributed by atoms with Crippen molar-refractivity contribution in [3.63, 3.8) is 0 Å². The van der Waals surface area contributed by atoms with Crippen LogP contribution >= 0.6 is 46.5 Å². The van der Waals surface area contributed by atoms with Crippen LogP contribution in [0.1, 0.15) is 30.7 Å². The van der Waals surface area contributed by atoms with Crippen LogP contribution in [-0.2, 0) is 22.6 Å². The zero-order valence-electron chi connectivity index (χ0n) is 17.0. The third kappa shape index (κ3) is 4.62. The van der Waals surface area contributed by atoms with Gasteiger partial charge in [0.1, 0.15) is 9.86 Å². The van der Waals surface area contributed by atoms with Crippen LogP contribution in [0.4, 0.5) is 5.69 Å². The zero-order valence-corrected chi connectivity index (χ0v) is 20.2. The highest BCUT2D eigenvalue weighted by Gasteiger charge is 2.33. The minimum Gasteiger partial charge on any atom is -0.369 e. The van der Waals surface area contributed by atoms with Crippen LogP contribution in [0, 0.1) is 0 Å². The number of thioether (sulfide) groups is 2. The van der Waals surface area contributed by atoms with E-state index in [1.807, 2.05) is 6.26 Å². The molecule has 0 radical (unpaired) electrons. The molecule has 1 amide bonds. The maximum Gasteiger partial charge on any atom is 0.234 e. The number of aromatic nitrogens is 2. The number of fused-ring (bicyclic) bond motifs is 3. The second-order valence-electron chi connectivity index (χ2n) is 7.31. The van der Waals surface area contributed by atoms with E-state index >= 15 is 0 Å². The van der Waals surface area contributed by atoms with Crippen molar-refractivity contribution in [2.75, 3.05) is 17.3 Å². The van der Waals surface area contributed by atoms with Gasteiger partial charge in [0.15, 0.2) is 5.16 Å². The summed E-state index contributed by atoms with van der Waals surface area (Å²) in [7, 11) is 0. The number of anilines is 1. The molecule has 0 aliphatic carbocycles. The zero-order chi connectivity index (χ0) is 21.3. The average Bonchev–Trinajstić information content (AvgIpc) is 3.11. The van der Waals surface area contributed by atoms with Crippen molar-refractivity contribution in [1.29, 1.82) is 0 Å². The fourth-order valence-electron chi connectivity index (χ4n) is 3.31. The molecule has 0 fully saturated rings. The second-order valence-corrected chi connectivity index (χ2v) is 10.6. The molecule has 5 nitrogen and oxygen atoms in total. The molecule has 1 atom stereocenters. The summed E-state index contributed by atoms with van der Waals surface area (Å²) in [6, 6.07) is 7.10. The average molecular weight is 480 g/mol. The third-order valence-electron chi connectivity index (χ3n) is 5.18. The van der Waals surface area contributed by atoms with Crippen molar-refractivity contribution in [3.05, 3.63) is 39.7 Å². The van der Waals surface area contributed by atoms with Gasteiger partial charge in [0.25, 0.3) is 0 Å². The molecule has 2 aromatic heterocycles. The van der Waals surface area contributed by atoms with Gasteiger partial charge in [-0.05, 0) is 49.4 Å². The molecule has 1 aliphatic rings. The molecule has 0 bridgehead atoms. The highest BCUT2D eigenvalue weighted by atomic mass is 35.5. The van der Waals surface area contributed by atoms with Gasteiger partial charge in [-0.2, -0.15) is 0 Å². The number of carbonyl (C=O) groups excluding carboxylic acids is 1. The van der Waals surface area contributed by atoms with Gasteiger partial charge in [-0.3, -0.25) is 4.79 Å². The quantitative estimate of drug-likeness (QED) is 0.264. The Morgan fingerprint density at radius 3 is 2.80 bits per heavy atom. The summed E-state index contributed by atoms with van der Waals surface area (Å²) in [5.41, 5.74) is 1.83. The fourth-order valence-corrected chi connectivity index (χ4v) is 5.94. The van der Waals surface area contributed by atoms with Gasteiger partial charge >= 0.3 is 0 Å². The van der Waals surface area contributed by atoms with Gasteiger partial charge in [-0.15, -0.1) is 11.3 Å². The standard InChI is InChI=1S/C21H22ClN3O2S3/c1-4-21(2)9-14-15(10-27-21)30-19-17(14)18(24-20(25-19)28-3)29-11-16(26)23-13-7-5-12(22)6-8-13/h5-8H,4,9-11H2,1-3H3,(H,23,26)/t21-/m1/s1. The highest BCUT2D eigenvalue weighted by Crippen LogP contribution is 2.43. The molecule has 4 rings (SSSR count). The first kappa shape index (κ1) is 21.9. The van der Waals surface area contributed by atoms with Crippen LogP contribution in [0.5, 0.6) is 0 Å². The molecular weight excluding hydrogens is 458 g/mol. The molecule has 1 aliphatic heterocycles. The van der Waals surface area contributed by atoms with Gasteiger partial charge in [-0.1, -0.05) is 42.0 Å². The largest absolute Gasteiger partial charge is 0.369 e. The normalized spacial score (nSPS) is 18.4. The van der Waals surface area contributed by atoms with Gasteiger partial charge in [0.05, 0.1) is 18.0 Å². The minimum absolute atomic E-state index is 0.0781. The first-order valence-electron chi connectivity index (χ1n) is 9.59. The lowest BCUT2D eigenvalue weighted by atomic mass is 9.90. The number of ether oxygens (including phenoxy) is 1. The Kier molecular flexibility index (Phi) is 6.60. The smallest absolute Gasteiger partial charge is 0.234 e. The Morgan fingerprint density at radius 2 is 2.10 bits per heavy atom. The van der Waals surface area contributed by atoms with Crippen LogP contribution in [0.2, 0.25) is 5.02 Å². The van der Waals surface area contributed by atoms with Gasteiger partial charge in [0.2, 0.25) is 5.91 Å². The van der Waals surface area contributed by atoms with Crippen molar-refractivity contribution in [2.45, 2.75) is 49.1 Å². The first-order chi connectivity index (χ1) is 14.4. The number of nitrogens with one attached hydrogen (secondary N) is 1. The number of thiophene rings is 1. The van der Waals surface area contributed by atoms with Crippen LogP contribution in [-0.4, -0.2) is 33.5 Å². The monoisotopic (exact) mass is 479 g/mol. The Morgan fingerprint density at radius 1 is 1.33 bits per heavy atom. The molecule has 0 saturated heterocycles. The van der Waals surface area contributed by atoms with E-state index in [0.29, 0.717) is 11.6 Å². The summed E-state index contributed by atoms with van der Waals surface area (Å²) in [5, 5.41) is 6.22. The van der Waals surface area contributed by atoms with Crippen LogP contribution in [0.3, 0.4) is 0 Å². The molecule has 1 N–H and O–H groups in total. The van der Waals surface area contributed by atoms with Gasteiger partial charge in [-0.25, -0.2) is 9.97 Å². The molecule has 0 saturated carbocycles. The lowest BCUT2D eigenvalue weighted by Crippen LogP contribution is -2.33. The molecule has 3 aromatic rings. The molecule has 3 heterocycles. The number of nitrogens with zero attached hydrogens (tertiary/aromatic N) is 2. The Bertz CT molecular complexity index is 1090. The van der Waals surface area contributed by atoms with E-state index in [9.17, 15) is 4.79 Å². The number of benzene rings is 1. The number of amides is 1. The topological polar surface area (TPSA) is 64.1 Å². The summed E-state index contributed by atoms with van der Waals surface area (Å²) >= 11 is 10.6. The Balaban J connectivity index is 1.60. The molecule has 9 heteroatoms. The van der Waals surface area contributed by atoms with Crippen LogP contribution < -0.4 is 5.32 Å². The second kappa shape index (κ2) is 9.04. The van der Waals surface area contributed by atoms with Crippen molar-refractivity contribution >= 4 is 68.3 Å². The van der Waals surface area contributed by atoms with Gasteiger partial charge < -0.3 is 10.1 Å².